The maximum atomic E-state index is 13.4. The normalized spacial score (nSPS) is 11.5. The van der Waals surface area contributed by atoms with E-state index in [0.29, 0.717) is 17.9 Å². The van der Waals surface area contributed by atoms with Crippen LogP contribution in [0.3, 0.4) is 0 Å². The fourth-order valence-electron chi connectivity index (χ4n) is 1.69. The SMILES string of the molecule is CC(C)(C)NCc1cc(F)cnc1Oc1cccc(F)c1. The minimum atomic E-state index is -0.438. The van der Waals surface area contributed by atoms with Gasteiger partial charge in [-0.15, -0.1) is 0 Å². The molecule has 1 aromatic heterocycles. The molecule has 2 aromatic rings. The van der Waals surface area contributed by atoms with Gasteiger partial charge in [0.25, 0.3) is 0 Å². The third-order valence-corrected chi connectivity index (χ3v) is 2.71. The summed E-state index contributed by atoms with van der Waals surface area (Å²) >= 11 is 0. The highest BCUT2D eigenvalue weighted by molar-refractivity contribution is 5.32. The zero-order valence-electron chi connectivity index (χ0n) is 12.3. The summed E-state index contributed by atoms with van der Waals surface area (Å²) in [4.78, 5) is 3.94. The van der Waals surface area contributed by atoms with E-state index in [-0.39, 0.29) is 11.4 Å². The Morgan fingerprint density at radius 1 is 1.14 bits per heavy atom. The minimum absolute atomic E-state index is 0.123. The molecule has 0 aliphatic heterocycles. The second-order valence-corrected chi connectivity index (χ2v) is 5.78. The molecule has 3 nitrogen and oxygen atoms in total. The topological polar surface area (TPSA) is 34.2 Å². The molecule has 0 unspecified atom stereocenters. The highest BCUT2D eigenvalue weighted by Gasteiger charge is 2.13. The first-order chi connectivity index (χ1) is 9.83. The van der Waals surface area contributed by atoms with Crippen molar-refractivity contribution in [1.82, 2.24) is 10.3 Å². The van der Waals surface area contributed by atoms with Crippen LogP contribution in [0.25, 0.3) is 0 Å². The van der Waals surface area contributed by atoms with Crippen LogP contribution in [0.15, 0.2) is 36.5 Å². The van der Waals surface area contributed by atoms with Gasteiger partial charge in [0.1, 0.15) is 17.4 Å². The Hall–Kier alpha value is -2.01. The monoisotopic (exact) mass is 292 g/mol. The third kappa shape index (κ3) is 4.79. The molecule has 0 saturated heterocycles. The summed E-state index contributed by atoms with van der Waals surface area (Å²) in [7, 11) is 0. The summed E-state index contributed by atoms with van der Waals surface area (Å²) in [5.74, 6) is -0.249. The maximum absolute atomic E-state index is 13.4. The lowest BCUT2D eigenvalue weighted by atomic mass is 10.1. The number of aromatic nitrogens is 1. The fraction of sp³-hybridized carbons (Fsp3) is 0.312. The molecule has 0 saturated carbocycles. The van der Waals surface area contributed by atoms with Gasteiger partial charge in [-0.25, -0.2) is 13.8 Å². The molecular formula is C16H18F2N2O. The van der Waals surface area contributed by atoms with E-state index in [2.05, 4.69) is 10.3 Å². The second kappa shape index (κ2) is 6.18. The van der Waals surface area contributed by atoms with Gasteiger partial charge in [0.15, 0.2) is 0 Å². The summed E-state index contributed by atoms with van der Waals surface area (Å²) in [6.45, 7) is 6.42. The summed E-state index contributed by atoms with van der Waals surface area (Å²) in [6.07, 6.45) is 1.08. The van der Waals surface area contributed by atoms with Crippen molar-refractivity contribution in [3.05, 3.63) is 53.7 Å². The largest absolute Gasteiger partial charge is 0.439 e. The number of pyridine rings is 1. The standard InChI is InChI=1S/C16H18F2N2O/c1-16(2,3)20-9-11-7-13(18)10-19-15(11)21-14-6-4-5-12(17)8-14/h4-8,10,20H,9H2,1-3H3. The van der Waals surface area contributed by atoms with Crippen molar-refractivity contribution in [2.45, 2.75) is 32.9 Å². The highest BCUT2D eigenvalue weighted by Crippen LogP contribution is 2.24. The third-order valence-electron chi connectivity index (χ3n) is 2.71. The molecule has 0 radical (unpaired) electrons. The summed E-state index contributed by atoms with van der Waals surface area (Å²) in [5, 5.41) is 3.24. The average molecular weight is 292 g/mol. The fourth-order valence-corrected chi connectivity index (χ4v) is 1.69. The first-order valence-electron chi connectivity index (χ1n) is 6.66. The summed E-state index contributed by atoms with van der Waals surface area (Å²) < 4.78 is 32.1. The Bertz CT molecular complexity index is 624. The van der Waals surface area contributed by atoms with Crippen LogP contribution in [0.2, 0.25) is 0 Å². The lowest BCUT2D eigenvalue weighted by Crippen LogP contribution is -2.35. The van der Waals surface area contributed by atoms with Crippen LogP contribution in [0.5, 0.6) is 11.6 Å². The number of rotatable bonds is 4. The van der Waals surface area contributed by atoms with Gasteiger partial charge in [0.05, 0.1) is 6.20 Å². The van der Waals surface area contributed by atoms with Crippen molar-refractivity contribution >= 4 is 0 Å². The van der Waals surface area contributed by atoms with Gasteiger partial charge >= 0.3 is 0 Å². The Kier molecular flexibility index (Phi) is 4.53. The van der Waals surface area contributed by atoms with Crippen LogP contribution in [-0.4, -0.2) is 10.5 Å². The number of nitrogens with one attached hydrogen (secondary N) is 1. The van der Waals surface area contributed by atoms with Crippen LogP contribution in [0.4, 0.5) is 8.78 Å². The molecule has 21 heavy (non-hydrogen) atoms. The van der Waals surface area contributed by atoms with E-state index in [1.165, 1.54) is 18.2 Å². The molecule has 0 aliphatic rings. The Labute approximate surface area is 123 Å². The van der Waals surface area contributed by atoms with Crippen LogP contribution in [0, 0.1) is 11.6 Å². The van der Waals surface area contributed by atoms with E-state index in [9.17, 15) is 8.78 Å². The van der Waals surface area contributed by atoms with Crippen molar-refractivity contribution in [3.63, 3.8) is 0 Å². The minimum Gasteiger partial charge on any atom is -0.439 e. The maximum Gasteiger partial charge on any atom is 0.223 e. The Morgan fingerprint density at radius 2 is 1.90 bits per heavy atom. The van der Waals surface area contributed by atoms with Gasteiger partial charge in [-0.1, -0.05) is 6.07 Å². The second-order valence-electron chi connectivity index (χ2n) is 5.78. The van der Waals surface area contributed by atoms with E-state index in [1.807, 2.05) is 20.8 Å². The van der Waals surface area contributed by atoms with E-state index in [0.717, 1.165) is 6.20 Å². The zero-order chi connectivity index (χ0) is 15.5. The Balaban J connectivity index is 2.22. The number of hydrogen-bond acceptors (Lipinski definition) is 3. The molecule has 0 amide bonds. The quantitative estimate of drug-likeness (QED) is 0.923. The summed E-state index contributed by atoms with van der Waals surface area (Å²) in [5.41, 5.74) is 0.455. The number of hydrogen-bond donors (Lipinski definition) is 1. The predicted molar refractivity (Wildman–Crippen MR) is 77.3 cm³/mol. The molecule has 5 heteroatoms. The van der Waals surface area contributed by atoms with E-state index in [1.54, 1.807) is 12.1 Å². The van der Waals surface area contributed by atoms with Crippen molar-refractivity contribution in [1.29, 1.82) is 0 Å². The molecule has 1 aromatic carbocycles. The van der Waals surface area contributed by atoms with Crippen LogP contribution in [0.1, 0.15) is 26.3 Å². The zero-order valence-corrected chi connectivity index (χ0v) is 12.3. The number of halogens is 2. The van der Waals surface area contributed by atoms with E-state index in [4.69, 9.17) is 4.74 Å². The molecule has 112 valence electrons. The van der Waals surface area contributed by atoms with Crippen molar-refractivity contribution in [3.8, 4) is 11.6 Å². The van der Waals surface area contributed by atoms with Gasteiger partial charge in [0, 0.05) is 23.7 Å². The molecule has 0 atom stereocenters. The van der Waals surface area contributed by atoms with Gasteiger partial charge in [-0.2, -0.15) is 0 Å². The molecule has 1 N–H and O–H groups in total. The first-order valence-corrected chi connectivity index (χ1v) is 6.66. The molecule has 0 fully saturated rings. The highest BCUT2D eigenvalue weighted by atomic mass is 19.1. The lowest BCUT2D eigenvalue weighted by Gasteiger charge is -2.21. The first kappa shape index (κ1) is 15.4. The van der Waals surface area contributed by atoms with Crippen molar-refractivity contribution in [2.75, 3.05) is 0 Å². The molecular weight excluding hydrogens is 274 g/mol. The van der Waals surface area contributed by atoms with Crippen molar-refractivity contribution < 1.29 is 13.5 Å². The van der Waals surface area contributed by atoms with Gasteiger partial charge in [-0.05, 0) is 39.0 Å². The average Bonchev–Trinajstić information content (AvgIpc) is 2.38. The van der Waals surface area contributed by atoms with Gasteiger partial charge in [-0.3, -0.25) is 0 Å². The molecule has 0 aliphatic carbocycles. The molecule has 0 spiro atoms. The van der Waals surface area contributed by atoms with E-state index >= 15 is 0 Å². The van der Waals surface area contributed by atoms with Crippen LogP contribution < -0.4 is 10.1 Å². The van der Waals surface area contributed by atoms with Gasteiger partial charge < -0.3 is 10.1 Å². The van der Waals surface area contributed by atoms with Gasteiger partial charge in [0.2, 0.25) is 5.88 Å². The molecule has 0 bridgehead atoms. The Morgan fingerprint density at radius 3 is 2.57 bits per heavy atom. The molecule has 1 heterocycles. The van der Waals surface area contributed by atoms with Crippen molar-refractivity contribution in [2.24, 2.45) is 0 Å². The number of benzene rings is 1. The smallest absolute Gasteiger partial charge is 0.223 e. The number of ether oxygens (including phenoxy) is 1. The molecule has 2 rings (SSSR count). The van der Waals surface area contributed by atoms with Crippen LogP contribution >= 0.6 is 0 Å². The summed E-state index contributed by atoms with van der Waals surface area (Å²) in [6, 6.07) is 7.11. The number of nitrogens with zero attached hydrogens (tertiary/aromatic N) is 1. The lowest BCUT2D eigenvalue weighted by molar-refractivity contribution is 0.406. The van der Waals surface area contributed by atoms with E-state index < -0.39 is 11.6 Å². The predicted octanol–water partition coefficient (Wildman–Crippen LogP) is 4.04. The van der Waals surface area contributed by atoms with Crippen LogP contribution in [-0.2, 0) is 6.54 Å².